The third kappa shape index (κ3) is 8.59. The van der Waals surface area contributed by atoms with Gasteiger partial charge in [-0.3, -0.25) is 9.59 Å². The van der Waals surface area contributed by atoms with Gasteiger partial charge >= 0.3 is 18.0 Å². The lowest BCUT2D eigenvalue weighted by molar-refractivity contribution is -0.145. The Balaban J connectivity index is 1.69. The molecule has 1 aliphatic rings. The van der Waals surface area contributed by atoms with Crippen LogP contribution in [-0.2, 0) is 25.7 Å². The van der Waals surface area contributed by atoms with Crippen molar-refractivity contribution < 1.29 is 29.0 Å². The first kappa shape index (κ1) is 24.7. The number of nitrogens with zero attached hydrogens (tertiary/aromatic N) is 1. The number of likely N-dealkylation sites (tertiary alicyclic amines) is 1. The Morgan fingerprint density at radius 1 is 1.06 bits per heavy atom. The number of carboxylic acid groups (broad SMARTS) is 1. The second-order valence-corrected chi connectivity index (χ2v) is 9.07. The van der Waals surface area contributed by atoms with Crippen molar-refractivity contribution in [3.05, 3.63) is 35.9 Å². The Bertz CT molecular complexity index is 727. The van der Waals surface area contributed by atoms with Gasteiger partial charge in [-0.2, -0.15) is 0 Å². The largest absolute Gasteiger partial charge is 0.481 e. The minimum Gasteiger partial charge on any atom is -0.481 e. The van der Waals surface area contributed by atoms with Gasteiger partial charge in [0.25, 0.3) is 0 Å². The molecule has 172 valence electrons. The second-order valence-electron chi connectivity index (χ2n) is 9.07. The molecular formula is C24H35NO6. The summed E-state index contributed by atoms with van der Waals surface area (Å²) in [6.45, 7) is 6.10. The molecule has 0 bridgehead atoms. The number of carbonyl (C=O) groups excluding carboxylic acids is 2. The molecule has 0 aromatic heterocycles. The van der Waals surface area contributed by atoms with Gasteiger partial charge in [0.15, 0.2) is 0 Å². The Morgan fingerprint density at radius 2 is 1.74 bits per heavy atom. The van der Waals surface area contributed by atoms with Gasteiger partial charge in [0, 0.05) is 19.0 Å². The highest BCUT2D eigenvalue weighted by Gasteiger charge is 2.42. The number of rotatable bonds is 10. The Hall–Kier alpha value is -2.57. The second kappa shape index (κ2) is 11.7. The molecule has 1 saturated heterocycles. The van der Waals surface area contributed by atoms with Gasteiger partial charge in [-0.15, -0.1) is 0 Å². The van der Waals surface area contributed by atoms with Crippen LogP contribution in [0.3, 0.4) is 0 Å². The van der Waals surface area contributed by atoms with Crippen molar-refractivity contribution in [2.75, 3.05) is 6.54 Å². The highest BCUT2D eigenvalue weighted by atomic mass is 16.6. The Labute approximate surface area is 184 Å². The highest BCUT2D eigenvalue weighted by Crippen LogP contribution is 2.30. The first-order valence-electron chi connectivity index (χ1n) is 11.1. The molecule has 7 nitrogen and oxygen atoms in total. The van der Waals surface area contributed by atoms with E-state index in [9.17, 15) is 19.5 Å². The molecule has 7 heteroatoms. The van der Waals surface area contributed by atoms with E-state index in [1.54, 1.807) is 25.7 Å². The molecule has 1 fully saturated rings. The van der Waals surface area contributed by atoms with E-state index in [2.05, 4.69) is 0 Å². The number of benzene rings is 1. The summed E-state index contributed by atoms with van der Waals surface area (Å²) in [5.41, 5.74) is 0.355. The lowest BCUT2D eigenvalue weighted by Gasteiger charge is -2.29. The maximum Gasteiger partial charge on any atom is 0.410 e. The standard InChI is InChI=1S/C24H35NO6/c1-24(2,3)31-23(29)25-16-15-19(22(27)28)20(25)13-9-4-5-10-14-21(26)30-17-18-11-7-6-8-12-18/h6-8,11-12,19-20H,4-5,9-10,13-17H2,1-3H3,(H,27,28). The smallest absolute Gasteiger partial charge is 0.410 e. The minimum atomic E-state index is -0.864. The zero-order valence-corrected chi connectivity index (χ0v) is 18.8. The number of carbonyl (C=O) groups is 3. The van der Waals surface area contributed by atoms with Crippen molar-refractivity contribution in [2.24, 2.45) is 5.92 Å². The zero-order valence-electron chi connectivity index (χ0n) is 18.8. The first-order valence-corrected chi connectivity index (χ1v) is 11.1. The molecular weight excluding hydrogens is 398 g/mol. The third-order valence-electron chi connectivity index (χ3n) is 5.36. The molecule has 0 radical (unpaired) electrons. The van der Waals surface area contributed by atoms with Gasteiger partial charge in [-0.05, 0) is 45.6 Å². The summed E-state index contributed by atoms with van der Waals surface area (Å²) in [4.78, 5) is 37.5. The SMILES string of the molecule is CC(C)(C)OC(=O)N1CCC(C(=O)O)C1CCCCCCC(=O)OCc1ccccc1. The van der Waals surface area contributed by atoms with Crippen LogP contribution in [0.1, 0.15) is 71.3 Å². The van der Waals surface area contributed by atoms with Crippen LogP contribution in [0.15, 0.2) is 30.3 Å². The molecule has 0 saturated carbocycles. The number of carboxylic acids is 1. The van der Waals surface area contributed by atoms with Gasteiger partial charge in [0.05, 0.1) is 5.92 Å². The van der Waals surface area contributed by atoms with Crippen molar-refractivity contribution in [1.29, 1.82) is 0 Å². The maximum absolute atomic E-state index is 12.5. The average molecular weight is 434 g/mol. The lowest BCUT2D eigenvalue weighted by atomic mass is 9.95. The fourth-order valence-corrected chi connectivity index (χ4v) is 3.83. The van der Waals surface area contributed by atoms with Crippen LogP contribution < -0.4 is 0 Å². The number of amides is 1. The van der Waals surface area contributed by atoms with Crippen LogP contribution in [0, 0.1) is 5.92 Å². The molecule has 2 unspecified atom stereocenters. The van der Waals surface area contributed by atoms with Gasteiger partial charge in [-0.25, -0.2) is 4.79 Å². The number of esters is 1. The minimum absolute atomic E-state index is 0.207. The molecule has 2 atom stereocenters. The predicted octanol–water partition coefficient (Wildman–Crippen LogP) is 4.78. The zero-order chi connectivity index (χ0) is 22.9. The van der Waals surface area contributed by atoms with Crippen LogP contribution in [0.4, 0.5) is 4.79 Å². The summed E-state index contributed by atoms with van der Waals surface area (Å²) in [6.07, 6.45) is 4.26. The summed E-state index contributed by atoms with van der Waals surface area (Å²) in [5.74, 6) is -1.63. The van der Waals surface area contributed by atoms with E-state index in [1.165, 1.54) is 0 Å². The Kier molecular flexibility index (Phi) is 9.34. The van der Waals surface area contributed by atoms with E-state index in [0.29, 0.717) is 32.4 Å². The van der Waals surface area contributed by atoms with E-state index in [4.69, 9.17) is 9.47 Å². The van der Waals surface area contributed by atoms with Crippen LogP contribution in [-0.4, -0.2) is 46.2 Å². The lowest BCUT2D eigenvalue weighted by Crippen LogP contribution is -2.42. The summed E-state index contributed by atoms with van der Waals surface area (Å²) in [6, 6.07) is 9.23. The van der Waals surface area contributed by atoms with Gasteiger partial charge in [0.2, 0.25) is 0 Å². The van der Waals surface area contributed by atoms with Crippen LogP contribution in [0.5, 0.6) is 0 Å². The molecule has 1 aromatic carbocycles. The number of unbranched alkanes of at least 4 members (excludes halogenated alkanes) is 3. The molecule has 1 aromatic rings. The fraction of sp³-hybridized carbons (Fsp3) is 0.625. The fourth-order valence-electron chi connectivity index (χ4n) is 3.83. The van der Waals surface area contributed by atoms with Crippen molar-refractivity contribution in [1.82, 2.24) is 4.90 Å². The van der Waals surface area contributed by atoms with Crippen molar-refractivity contribution >= 4 is 18.0 Å². The van der Waals surface area contributed by atoms with E-state index in [0.717, 1.165) is 31.2 Å². The van der Waals surface area contributed by atoms with Gasteiger partial charge in [0.1, 0.15) is 12.2 Å². The van der Waals surface area contributed by atoms with E-state index >= 15 is 0 Å². The Morgan fingerprint density at radius 3 is 2.39 bits per heavy atom. The highest BCUT2D eigenvalue weighted by molar-refractivity contribution is 5.75. The number of ether oxygens (including phenoxy) is 2. The summed E-state index contributed by atoms with van der Waals surface area (Å²) < 4.78 is 10.7. The first-order chi connectivity index (χ1) is 14.7. The van der Waals surface area contributed by atoms with E-state index in [-0.39, 0.29) is 12.0 Å². The molecule has 1 amide bonds. The summed E-state index contributed by atoms with van der Waals surface area (Å²) in [7, 11) is 0. The molecule has 1 aliphatic heterocycles. The van der Waals surface area contributed by atoms with Crippen molar-refractivity contribution in [3.8, 4) is 0 Å². The molecule has 1 N–H and O–H groups in total. The predicted molar refractivity (Wildman–Crippen MR) is 116 cm³/mol. The normalized spacial score (nSPS) is 18.6. The van der Waals surface area contributed by atoms with Gasteiger partial charge in [-0.1, -0.05) is 49.6 Å². The van der Waals surface area contributed by atoms with Gasteiger partial charge < -0.3 is 19.5 Å². The third-order valence-corrected chi connectivity index (χ3v) is 5.36. The van der Waals surface area contributed by atoms with Crippen LogP contribution in [0.2, 0.25) is 0 Å². The maximum atomic E-state index is 12.5. The monoisotopic (exact) mass is 433 g/mol. The molecule has 0 spiro atoms. The number of aliphatic carboxylic acids is 1. The quantitative estimate of drug-likeness (QED) is 0.422. The molecule has 31 heavy (non-hydrogen) atoms. The van der Waals surface area contributed by atoms with Crippen LogP contribution >= 0.6 is 0 Å². The topological polar surface area (TPSA) is 93.1 Å². The molecule has 0 aliphatic carbocycles. The van der Waals surface area contributed by atoms with E-state index < -0.39 is 23.6 Å². The summed E-state index contributed by atoms with van der Waals surface area (Å²) >= 11 is 0. The van der Waals surface area contributed by atoms with E-state index in [1.807, 2.05) is 30.3 Å². The average Bonchev–Trinajstić information content (AvgIpc) is 3.13. The summed E-state index contributed by atoms with van der Waals surface area (Å²) in [5, 5.41) is 9.52. The number of hydrogen-bond acceptors (Lipinski definition) is 5. The van der Waals surface area contributed by atoms with Crippen LogP contribution in [0.25, 0.3) is 0 Å². The number of hydrogen-bond donors (Lipinski definition) is 1. The van der Waals surface area contributed by atoms with Crippen molar-refractivity contribution in [2.45, 2.75) is 84.0 Å². The molecule has 2 rings (SSSR count). The van der Waals surface area contributed by atoms with Crippen molar-refractivity contribution in [3.63, 3.8) is 0 Å². The molecule has 1 heterocycles.